The SMILES string of the molecule is C#CCNC(CC)(COC)C(=O)O. The maximum absolute atomic E-state index is 10.9. The fourth-order valence-corrected chi connectivity index (χ4v) is 1.03. The van der Waals surface area contributed by atoms with Crippen molar-refractivity contribution in [1.82, 2.24) is 5.32 Å². The summed E-state index contributed by atoms with van der Waals surface area (Å²) in [5.74, 6) is 1.40. The standard InChI is InChI=1S/C9H15NO3/c1-4-6-10-9(5-2,7-13-3)8(11)12/h1,10H,5-7H2,2-3H3,(H,11,12). The summed E-state index contributed by atoms with van der Waals surface area (Å²) in [5.41, 5.74) is -1.05. The molecule has 0 aromatic rings. The van der Waals surface area contributed by atoms with E-state index in [-0.39, 0.29) is 13.2 Å². The molecule has 0 aromatic carbocycles. The number of hydrogen-bond acceptors (Lipinski definition) is 3. The van der Waals surface area contributed by atoms with Crippen LogP contribution in [-0.4, -0.2) is 36.9 Å². The summed E-state index contributed by atoms with van der Waals surface area (Å²) in [4.78, 5) is 10.9. The molecule has 0 aromatic heterocycles. The highest BCUT2D eigenvalue weighted by Gasteiger charge is 2.35. The maximum atomic E-state index is 10.9. The lowest BCUT2D eigenvalue weighted by Crippen LogP contribution is -2.55. The number of carboxylic acids is 1. The quantitative estimate of drug-likeness (QED) is 0.576. The Kier molecular flexibility index (Phi) is 5.12. The highest BCUT2D eigenvalue weighted by Crippen LogP contribution is 2.10. The third-order valence-corrected chi connectivity index (χ3v) is 1.93. The van der Waals surface area contributed by atoms with Crippen molar-refractivity contribution < 1.29 is 14.6 Å². The minimum Gasteiger partial charge on any atom is -0.480 e. The molecule has 4 nitrogen and oxygen atoms in total. The lowest BCUT2D eigenvalue weighted by atomic mass is 9.97. The first-order valence-electron chi connectivity index (χ1n) is 4.03. The van der Waals surface area contributed by atoms with E-state index in [2.05, 4.69) is 11.2 Å². The van der Waals surface area contributed by atoms with E-state index in [0.717, 1.165) is 0 Å². The van der Waals surface area contributed by atoms with E-state index in [1.54, 1.807) is 6.92 Å². The van der Waals surface area contributed by atoms with Crippen molar-refractivity contribution in [3.8, 4) is 12.3 Å². The second-order valence-corrected chi connectivity index (χ2v) is 2.73. The lowest BCUT2D eigenvalue weighted by molar-refractivity contribution is -0.147. The van der Waals surface area contributed by atoms with E-state index in [0.29, 0.717) is 6.42 Å². The minimum atomic E-state index is -1.05. The van der Waals surface area contributed by atoms with Crippen LogP contribution >= 0.6 is 0 Å². The molecule has 0 bridgehead atoms. The molecule has 0 saturated heterocycles. The largest absolute Gasteiger partial charge is 0.480 e. The molecule has 0 amide bonds. The molecule has 0 spiro atoms. The third kappa shape index (κ3) is 3.05. The van der Waals surface area contributed by atoms with Gasteiger partial charge < -0.3 is 9.84 Å². The molecular formula is C9H15NO3. The number of rotatable bonds is 6. The molecule has 0 saturated carbocycles. The summed E-state index contributed by atoms with van der Waals surface area (Å²) in [7, 11) is 1.46. The van der Waals surface area contributed by atoms with Crippen LogP contribution < -0.4 is 5.32 Å². The summed E-state index contributed by atoms with van der Waals surface area (Å²) in [6.07, 6.45) is 5.47. The van der Waals surface area contributed by atoms with Crippen molar-refractivity contribution in [3.05, 3.63) is 0 Å². The molecule has 1 unspecified atom stereocenters. The van der Waals surface area contributed by atoms with Crippen molar-refractivity contribution in [2.24, 2.45) is 0 Å². The molecule has 74 valence electrons. The van der Waals surface area contributed by atoms with Gasteiger partial charge in [0.2, 0.25) is 0 Å². The van der Waals surface area contributed by atoms with Crippen molar-refractivity contribution in [2.75, 3.05) is 20.3 Å². The van der Waals surface area contributed by atoms with Crippen LogP contribution in [0.2, 0.25) is 0 Å². The number of hydrogen-bond donors (Lipinski definition) is 2. The predicted octanol–water partition coefficient (Wildman–Crippen LogP) is 0.0890. The molecule has 4 heteroatoms. The van der Waals surface area contributed by atoms with Crippen LogP contribution in [-0.2, 0) is 9.53 Å². The molecule has 0 radical (unpaired) electrons. The molecule has 2 N–H and O–H groups in total. The van der Waals surface area contributed by atoms with Gasteiger partial charge in [-0.2, -0.15) is 0 Å². The predicted molar refractivity (Wildman–Crippen MR) is 49.4 cm³/mol. The number of nitrogens with one attached hydrogen (secondary N) is 1. The molecule has 0 rings (SSSR count). The van der Waals surface area contributed by atoms with Gasteiger partial charge in [0.25, 0.3) is 0 Å². The average molecular weight is 185 g/mol. The number of carbonyl (C=O) groups is 1. The molecule has 13 heavy (non-hydrogen) atoms. The van der Waals surface area contributed by atoms with Gasteiger partial charge in [0.15, 0.2) is 0 Å². The fourth-order valence-electron chi connectivity index (χ4n) is 1.03. The Balaban J connectivity index is 4.46. The smallest absolute Gasteiger partial charge is 0.326 e. The van der Waals surface area contributed by atoms with Crippen LogP contribution in [0.25, 0.3) is 0 Å². The Morgan fingerprint density at radius 3 is 2.69 bits per heavy atom. The molecule has 1 atom stereocenters. The van der Waals surface area contributed by atoms with E-state index in [4.69, 9.17) is 16.3 Å². The number of terminal acetylenes is 1. The molecule has 0 aliphatic carbocycles. The Morgan fingerprint density at radius 2 is 2.38 bits per heavy atom. The van der Waals surface area contributed by atoms with Gasteiger partial charge in [-0.3, -0.25) is 10.1 Å². The summed E-state index contributed by atoms with van der Waals surface area (Å²) in [6.45, 7) is 2.11. The average Bonchev–Trinajstić information content (AvgIpc) is 2.12. The molecular weight excluding hydrogens is 170 g/mol. The summed E-state index contributed by atoms with van der Waals surface area (Å²) in [5, 5.41) is 11.7. The van der Waals surface area contributed by atoms with Crippen molar-refractivity contribution in [2.45, 2.75) is 18.9 Å². The van der Waals surface area contributed by atoms with E-state index in [1.807, 2.05) is 0 Å². The minimum absolute atomic E-state index is 0.112. The summed E-state index contributed by atoms with van der Waals surface area (Å²) in [6, 6.07) is 0. The molecule has 0 fully saturated rings. The fraction of sp³-hybridized carbons (Fsp3) is 0.667. The van der Waals surface area contributed by atoms with Crippen molar-refractivity contribution >= 4 is 5.97 Å². The topological polar surface area (TPSA) is 58.6 Å². The van der Waals surface area contributed by atoms with Crippen molar-refractivity contribution in [3.63, 3.8) is 0 Å². The second-order valence-electron chi connectivity index (χ2n) is 2.73. The van der Waals surface area contributed by atoms with Gasteiger partial charge in [-0.15, -0.1) is 6.42 Å². The van der Waals surface area contributed by atoms with Gasteiger partial charge in [-0.1, -0.05) is 12.8 Å². The van der Waals surface area contributed by atoms with Gasteiger partial charge in [-0.25, -0.2) is 0 Å². The van der Waals surface area contributed by atoms with Crippen LogP contribution in [0, 0.1) is 12.3 Å². The monoisotopic (exact) mass is 185 g/mol. The van der Waals surface area contributed by atoms with Crippen LogP contribution in [0.1, 0.15) is 13.3 Å². The van der Waals surface area contributed by atoms with E-state index in [9.17, 15) is 4.79 Å². The number of aliphatic carboxylic acids is 1. The van der Waals surface area contributed by atoms with Gasteiger partial charge in [-0.05, 0) is 6.42 Å². The van der Waals surface area contributed by atoms with Gasteiger partial charge in [0.05, 0.1) is 13.2 Å². The van der Waals surface area contributed by atoms with Gasteiger partial charge in [0, 0.05) is 7.11 Å². The normalized spacial score (nSPS) is 14.5. The molecule has 0 heterocycles. The maximum Gasteiger partial charge on any atom is 0.326 e. The van der Waals surface area contributed by atoms with E-state index < -0.39 is 11.5 Å². The van der Waals surface area contributed by atoms with Crippen molar-refractivity contribution in [1.29, 1.82) is 0 Å². The lowest BCUT2D eigenvalue weighted by Gasteiger charge is -2.27. The Morgan fingerprint density at radius 1 is 1.77 bits per heavy atom. The third-order valence-electron chi connectivity index (χ3n) is 1.93. The van der Waals surface area contributed by atoms with Gasteiger partial charge in [0.1, 0.15) is 5.54 Å². The number of ether oxygens (including phenoxy) is 1. The van der Waals surface area contributed by atoms with Crippen LogP contribution in [0.15, 0.2) is 0 Å². The summed E-state index contributed by atoms with van der Waals surface area (Å²) < 4.78 is 4.84. The van der Waals surface area contributed by atoms with Crippen LogP contribution in [0.4, 0.5) is 0 Å². The Labute approximate surface area is 78.3 Å². The zero-order chi connectivity index (χ0) is 10.3. The van der Waals surface area contributed by atoms with E-state index in [1.165, 1.54) is 7.11 Å². The summed E-state index contributed by atoms with van der Waals surface area (Å²) >= 11 is 0. The number of carboxylic acid groups (broad SMARTS) is 1. The highest BCUT2D eigenvalue weighted by atomic mass is 16.5. The Bertz CT molecular complexity index is 209. The number of methoxy groups -OCH3 is 1. The first-order valence-corrected chi connectivity index (χ1v) is 4.03. The molecule has 0 aliphatic rings. The Hall–Kier alpha value is -1.05. The highest BCUT2D eigenvalue weighted by molar-refractivity contribution is 5.79. The first kappa shape index (κ1) is 11.9. The molecule has 0 aliphatic heterocycles. The zero-order valence-corrected chi connectivity index (χ0v) is 7.96. The van der Waals surface area contributed by atoms with Crippen LogP contribution in [0.5, 0.6) is 0 Å². The zero-order valence-electron chi connectivity index (χ0n) is 7.96. The second kappa shape index (κ2) is 5.57. The first-order chi connectivity index (χ1) is 6.13. The van der Waals surface area contributed by atoms with Gasteiger partial charge >= 0.3 is 5.97 Å². The van der Waals surface area contributed by atoms with Crippen LogP contribution in [0.3, 0.4) is 0 Å². The van der Waals surface area contributed by atoms with E-state index >= 15 is 0 Å².